The fraction of sp³-hybridized carbons (Fsp3) is 0.222. The van der Waals surface area contributed by atoms with Crippen molar-refractivity contribution in [2.75, 3.05) is 11.9 Å². The molecule has 35 heavy (non-hydrogen) atoms. The van der Waals surface area contributed by atoms with Crippen LogP contribution >= 0.6 is 0 Å². The quantitative estimate of drug-likeness (QED) is 0.411. The third-order valence-electron chi connectivity index (χ3n) is 6.19. The Morgan fingerprint density at radius 1 is 0.943 bits per heavy atom. The molecular formula is C27H26N2O6. The summed E-state index contributed by atoms with van der Waals surface area (Å²) in [6.45, 7) is 3.06. The molecule has 2 amide bonds. The lowest BCUT2D eigenvalue weighted by atomic mass is 9.98. The molecule has 0 spiro atoms. The largest absolute Gasteiger partial charge is 0.480 e. The van der Waals surface area contributed by atoms with Gasteiger partial charge in [-0.2, -0.15) is 0 Å². The molecule has 3 aromatic carbocycles. The van der Waals surface area contributed by atoms with Gasteiger partial charge in [0, 0.05) is 17.2 Å². The number of carbonyl (C=O) groups is 3. The second-order valence-corrected chi connectivity index (χ2v) is 8.46. The summed E-state index contributed by atoms with van der Waals surface area (Å²) in [4.78, 5) is 36.6. The minimum Gasteiger partial charge on any atom is -0.480 e. The molecule has 2 unspecified atom stereocenters. The number of carboxylic acids is 1. The minimum absolute atomic E-state index is 0.0835. The maximum atomic E-state index is 12.6. The molecule has 1 aliphatic rings. The first-order chi connectivity index (χ1) is 16.8. The number of aliphatic carboxylic acids is 1. The molecule has 0 radical (unpaired) electrons. The minimum atomic E-state index is -1.46. The fourth-order valence-electron chi connectivity index (χ4n) is 4.37. The summed E-state index contributed by atoms with van der Waals surface area (Å²) in [6.07, 6.45) is -1.95. The normalized spacial score (nSPS) is 13.8. The second kappa shape index (κ2) is 9.99. The standard InChI is InChI=1S/C27H26N2O6/c1-15-17(25(31)29-24(16(2)30)26(32)33)12-7-13-23(15)28-27(34)35-14-22-20-10-5-3-8-18(20)19-9-4-6-11-21(19)22/h3-13,16,22,24,30H,14H2,1-2H3,(H,28,34)(H,29,31)(H,32,33). The number of nitrogens with one attached hydrogen (secondary N) is 2. The highest BCUT2D eigenvalue weighted by Gasteiger charge is 2.29. The molecule has 0 aliphatic heterocycles. The Labute approximate surface area is 202 Å². The van der Waals surface area contributed by atoms with Crippen molar-refractivity contribution in [1.82, 2.24) is 5.32 Å². The zero-order valence-corrected chi connectivity index (χ0v) is 19.3. The van der Waals surface area contributed by atoms with E-state index < -0.39 is 30.1 Å². The number of aliphatic hydroxyl groups is 1. The van der Waals surface area contributed by atoms with E-state index in [1.807, 2.05) is 36.4 Å². The first-order valence-electron chi connectivity index (χ1n) is 11.2. The van der Waals surface area contributed by atoms with Gasteiger partial charge in [0.2, 0.25) is 0 Å². The molecule has 0 heterocycles. The zero-order chi connectivity index (χ0) is 25.1. The molecule has 0 bridgehead atoms. The Morgan fingerprint density at radius 2 is 1.54 bits per heavy atom. The van der Waals surface area contributed by atoms with E-state index in [1.165, 1.54) is 13.0 Å². The van der Waals surface area contributed by atoms with Crippen molar-refractivity contribution >= 4 is 23.7 Å². The molecule has 0 fully saturated rings. The Morgan fingerprint density at radius 3 is 2.11 bits per heavy atom. The van der Waals surface area contributed by atoms with Gasteiger partial charge in [-0.05, 0) is 53.8 Å². The van der Waals surface area contributed by atoms with E-state index in [0.29, 0.717) is 11.3 Å². The van der Waals surface area contributed by atoms with Gasteiger partial charge in [-0.1, -0.05) is 54.6 Å². The summed E-state index contributed by atoms with van der Waals surface area (Å²) >= 11 is 0. The van der Waals surface area contributed by atoms with Gasteiger partial charge in [-0.3, -0.25) is 10.1 Å². The summed E-state index contributed by atoms with van der Waals surface area (Å²) in [5.74, 6) is -2.11. The number of benzene rings is 3. The van der Waals surface area contributed by atoms with Crippen molar-refractivity contribution in [3.05, 3.63) is 89.0 Å². The Bertz CT molecular complexity index is 1240. The molecule has 4 rings (SSSR count). The van der Waals surface area contributed by atoms with Crippen LogP contribution in [0.15, 0.2) is 66.7 Å². The van der Waals surface area contributed by atoms with Crippen molar-refractivity contribution in [3.8, 4) is 11.1 Å². The van der Waals surface area contributed by atoms with Crippen LogP contribution in [0.3, 0.4) is 0 Å². The molecule has 0 aromatic heterocycles. The van der Waals surface area contributed by atoms with Gasteiger partial charge in [0.15, 0.2) is 6.04 Å². The number of anilines is 1. The van der Waals surface area contributed by atoms with E-state index in [0.717, 1.165) is 22.3 Å². The first kappa shape index (κ1) is 24.0. The number of ether oxygens (including phenoxy) is 1. The van der Waals surface area contributed by atoms with Crippen molar-refractivity contribution in [2.24, 2.45) is 0 Å². The summed E-state index contributed by atoms with van der Waals surface area (Å²) < 4.78 is 5.57. The molecule has 1 aliphatic carbocycles. The smallest absolute Gasteiger partial charge is 0.411 e. The molecule has 2 atom stereocenters. The maximum Gasteiger partial charge on any atom is 0.411 e. The topological polar surface area (TPSA) is 125 Å². The number of fused-ring (bicyclic) bond motifs is 3. The van der Waals surface area contributed by atoms with Crippen molar-refractivity contribution in [3.63, 3.8) is 0 Å². The maximum absolute atomic E-state index is 12.6. The lowest BCUT2D eigenvalue weighted by molar-refractivity contribution is -0.141. The van der Waals surface area contributed by atoms with Crippen LogP contribution in [0.4, 0.5) is 10.5 Å². The zero-order valence-electron chi connectivity index (χ0n) is 19.3. The Balaban J connectivity index is 1.45. The third-order valence-corrected chi connectivity index (χ3v) is 6.19. The van der Waals surface area contributed by atoms with Crippen LogP contribution in [0, 0.1) is 6.92 Å². The van der Waals surface area contributed by atoms with Gasteiger partial charge >= 0.3 is 12.1 Å². The number of aliphatic hydroxyl groups excluding tert-OH is 1. The number of hydrogen-bond donors (Lipinski definition) is 4. The summed E-state index contributed by atoms with van der Waals surface area (Å²) in [6, 6.07) is 19.3. The van der Waals surface area contributed by atoms with E-state index in [-0.39, 0.29) is 18.1 Å². The van der Waals surface area contributed by atoms with Gasteiger partial charge in [-0.15, -0.1) is 0 Å². The molecule has 3 aromatic rings. The number of rotatable bonds is 7. The van der Waals surface area contributed by atoms with Crippen LogP contribution in [-0.4, -0.2) is 46.9 Å². The molecule has 4 N–H and O–H groups in total. The van der Waals surface area contributed by atoms with Crippen molar-refractivity contribution < 1.29 is 29.3 Å². The van der Waals surface area contributed by atoms with Crippen LogP contribution in [0.5, 0.6) is 0 Å². The Kier molecular flexibility index (Phi) is 6.84. The lowest BCUT2D eigenvalue weighted by Crippen LogP contribution is -2.47. The molecule has 0 saturated heterocycles. The summed E-state index contributed by atoms with van der Waals surface area (Å²) in [5, 5.41) is 23.8. The van der Waals surface area contributed by atoms with Crippen molar-refractivity contribution in [1.29, 1.82) is 0 Å². The average Bonchev–Trinajstić information content (AvgIpc) is 3.15. The van der Waals surface area contributed by atoms with E-state index in [2.05, 4.69) is 22.8 Å². The third kappa shape index (κ3) is 4.88. The van der Waals surface area contributed by atoms with Crippen LogP contribution in [0.2, 0.25) is 0 Å². The van der Waals surface area contributed by atoms with Gasteiger partial charge in [0.25, 0.3) is 5.91 Å². The monoisotopic (exact) mass is 474 g/mol. The predicted octanol–water partition coefficient (Wildman–Crippen LogP) is 3.92. The highest BCUT2D eigenvalue weighted by molar-refractivity contribution is 6.00. The summed E-state index contributed by atoms with van der Waals surface area (Å²) in [5.41, 5.74) is 5.43. The number of amides is 2. The van der Waals surface area contributed by atoms with Gasteiger partial charge in [-0.25, -0.2) is 9.59 Å². The molecular weight excluding hydrogens is 448 g/mol. The number of carboxylic acid groups (broad SMARTS) is 1. The summed E-state index contributed by atoms with van der Waals surface area (Å²) in [7, 11) is 0. The van der Waals surface area contributed by atoms with E-state index >= 15 is 0 Å². The van der Waals surface area contributed by atoms with Crippen LogP contribution in [0.1, 0.15) is 39.9 Å². The molecule has 8 heteroatoms. The highest BCUT2D eigenvalue weighted by Crippen LogP contribution is 2.44. The van der Waals surface area contributed by atoms with Crippen LogP contribution < -0.4 is 10.6 Å². The number of carbonyl (C=O) groups excluding carboxylic acids is 2. The molecule has 8 nitrogen and oxygen atoms in total. The molecule has 0 saturated carbocycles. The highest BCUT2D eigenvalue weighted by atomic mass is 16.5. The predicted molar refractivity (Wildman–Crippen MR) is 130 cm³/mol. The second-order valence-electron chi connectivity index (χ2n) is 8.46. The Hall–Kier alpha value is -4.17. The van der Waals surface area contributed by atoms with E-state index in [1.54, 1.807) is 19.1 Å². The van der Waals surface area contributed by atoms with Gasteiger partial charge < -0.3 is 20.3 Å². The van der Waals surface area contributed by atoms with Gasteiger partial charge in [0.1, 0.15) is 6.61 Å². The lowest BCUT2D eigenvalue weighted by Gasteiger charge is -2.19. The van der Waals surface area contributed by atoms with Gasteiger partial charge in [0.05, 0.1) is 6.10 Å². The van der Waals surface area contributed by atoms with Crippen molar-refractivity contribution in [2.45, 2.75) is 31.9 Å². The average molecular weight is 475 g/mol. The van der Waals surface area contributed by atoms with E-state index in [9.17, 15) is 24.6 Å². The number of hydrogen-bond acceptors (Lipinski definition) is 5. The first-order valence-corrected chi connectivity index (χ1v) is 11.2. The SMILES string of the molecule is Cc1c(NC(=O)OCC2c3ccccc3-c3ccccc32)cccc1C(=O)NC(C(=O)O)C(C)O. The molecule has 180 valence electrons. The fourth-order valence-corrected chi connectivity index (χ4v) is 4.37. The van der Waals surface area contributed by atoms with Crippen LogP contribution in [0.25, 0.3) is 11.1 Å². The van der Waals surface area contributed by atoms with E-state index in [4.69, 9.17) is 4.74 Å². The van der Waals surface area contributed by atoms with Crippen LogP contribution in [-0.2, 0) is 9.53 Å².